The van der Waals surface area contributed by atoms with Crippen molar-refractivity contribution in [2.24, 2.45) is 0 Å². The second-order valence-electron chi connectivity index (χ2n) is 4.95. The maximum absolute atomic E-state index is 12.3. The van der Waals surface area contributed by atoms with Gasteiger partial charge < -0.3 is 4.74 Å². The number of rotatable bonds is 6. The molecule has 4 nitrogen and oxygen atoms in total. The zero-order chi connectivity index (χ0) is 17.6. The largest absolute Gasteiger partial charge is 0.435 e. The van der Waals surface area contributed by atoms with E-state index in [-0.39, 0.29) is 11.5 Å². The van der Waals surface area contributed by atoms with Gasteiger partial charge in [0.2, 0.25) is 0 Å². The number of hydrogen-bond donors (Lipinski definition) is 0. The van der Waals surface area contributed by atoms with E-state index in [4.69, 9.17) is 5.26 Å². The topological polar surface area (TPSA) is 50.8 Å². The number of alkyl halides is 2. The van der Waals surface area contributed by atoms with Crippen molar-refractivity contribution in [1.29, 1.82) is 5.26 Å². The Morgan fingerprint density at radius 3 is 2.48 bits per heavy atom. The molecule has 7 heteroatoms. The lowest BCUT2D eigenvalue weighted by Gasteiger charge is -2.12. The van der Waals surface area contributed by atoms with E-state index in [1.54, 1.807) is 18.3 Å². The first kappa shape index (κ1) is 17.0. The molecule has 0 fully saturated rings. The van der Waals surface area contributed by atoms with E-state index in [0.717, 1.165) is 16.9 Å². The van der Waals surface area contributed by atoms with E-state index in [1.165, 1.54) is 23.9 Å². The van der Waals surface area contributed by atoms with Crippen LogP contribution in [0, 0.1) is 11.3 Å². The summed E-state index contributed by atoms with van der Waals surface area (Å²) in [5, 5.41) is 9.49. The summed E-state index contributed by atoms with van der Waals surface area (Å²) < 4.78 is 30.9. The summed E-state index contributed by atoms with van der Waals surface area (Å²) in [6.07, 6.45) is 1.73. The first-order valence-electron chi connectivity index (χ1n) is 7.37. The van der Waals surface area contributed by atoms with Gasteiger partial charge in [-0.25, -0.2) is 4.98 Å². The predicted octanol–water partition coefficient (Wildman–Crippen LogP) is 4.76. The Labute approximate surface area is 147 Å². The lowest BCUT2D eigenvalue weighted by molar-refractivity contribution is -0.0498. The molecule has 3 rings (SSSR count). The van der Waals surface area contributed by atoms with Gasteiger partial charge in [0.1, 0.15) is 5.75 Å². The second kappa shape index (κ2) is 7.81. The van der Waals surface area contributed by atoms with Crippen molar-refractivity contribution >= 4 is 11.8 Å². The summed E-state index contributed by atoms with van der Waals surface area (Å²) in [5.74, 6) is 0.351. The maximum Gasteiger partial charge on any atom is 0.387 e. The summed E-state index contributed by atoms with van der Waals surface area (Å²) >= 11 is 1.31. The van der Waals surface area contributed by atoms with Crippen LogP contribution in [-0.4, -0.2) is 21.9 Å². The second-order valence-corrected chi connectivity index (χ2v) is 5.89. The molecule has 0 N–H and O–H groups in total. The highest BCUT2D eigenvalue weighted by Gasteiger charge is 2.14. The number of aromatic nitrogens is 2. The number of imidazole rings is 1. The Morgan fingerprint density at radius 1 is 1.12 bits per heavy atom. The van der Waals surface area contributed by atoms with Gasteiger partial charge in [-0.1, -0.05) is 42.1 Å². The number of halogens is 2. The van der Waals surface area contributed by atoms with Gasteiger partial charge in [0.15, 0.2) is 5.16 Å². The van der Waals surface area contributed by atoms with Crippen LogP contribution in [0.2, 0.25) is 0 Å². The first-order valence-corrected chi connectivity index (χ1v) is 8.36. The van der Waals surface area contributed by atoms with E-state index >= 15 is 0 Å². The standard InChI is InChI=1S/C18H13F2N3OS/c19-17(20)24-15-8-6-14(7-9-15)23-16(13-4-2-1-3-5-13)12-22-18(23)25-11-10-21/h1-9,12,17H,11H2. The normalized spacial score (nSPS) is 10.6. The minimum Gasteiger partial charge on any atom is -0.435 e. The van der Waals surface area contributed by atoms with Crippen molar-refractivity contribution in [2.75, 3.05) is 5.75 Å². The minimum absolute atomic E-state index is 0.0892. The van der Waals surface area contributed by atoms with Crippen LogP contribution in [-0.2, 0) is 0 Å². The van der Waals surface area contributed by atoms with Crippen LogP contribution in [0.3, 0.4) is 0 Å². The van der Waals surface area contributed by atoms with Gasteiger partial charge in [0, 0.05) is 11.3 Å². The van der Waals surface area contributed by atoms with E-state index in [0.29, 0.717) is 5.16 Å². The smallest absolute Gasteiger partial charge is 0.387 e. The fourth-order valence-electron chi connectivity index (χ4n) is 2.37. The summed E-state index contributed by atoms with van der Waals surface area (Å²) in [4.78, 5) is 4.40. The zero-order valence-electron chi connectivity index (χ0n) is 13.0. The van der Waals surface area contributed by atoms with Crippen molar-refractivity contribution in [1.82, 2.24) is 9.55 Å². The third kappa shape index (κ3) is 3.98. The summed E-state index contributed by atoms with van der Waals surface area (Å²) in [6.45, 7) is -2.86. The van der Waals surface area contributed by atoms with Crippen LogP contribution in [0.25, 0.3) is 16.9 Å². The Balaban J connectivity index is 2.03. The lowest BCUT2D eigenvalue weighted by atomic mass is 10.1. The molecule has 0 aliphatic heterocycles. The first-order chi connectivity index (χ1) is 12.2. The Bertz CT molecular complexity index is 874. The highest BCUT2D eigenvalue weighted by Crippen LogP contribution is 2.30. The average molecular weight is 357 g/mol. The average Bonchev–Trinajstić information content (AvgIpc) is 3.05. The van der Waals surface area contributed by atoms with Crippen molar-refractivity contribution in [3.05, 3.63) is 60.8 Å². The van der Waals surface area contributed by atoms with Crippen LogP contribution in [0.5, 0.6) is 5.75 Å². The van der Waals surface area contributed by atoms with Crippen molar-refractivity contribution in [3.8, 4) is 28.8 Å². The van der Waals surface area contributed by atoms with Crippen molar-refractivity contribution < 1.29 is 13.5 Å². The van der Waals surface area contributed by atoms with Crippen molar-refractivity contribution in [2.45, 2.75) is 11.8 Å². The molecule has 0 aliphatic carbocycles. The molecule has 3 aromatic rings. The molecule has 0 bridgehead atoms. The van der Waals surface area contributed by atoms with Gasteiger partial charge in [0.05, 0.1) is 23.7 Å². The third-order valence-electron chi connectivity index (χ3n) is 3.38. The zero-order valence-corrected chi connectivity index (χ0v) is 13.8. The van der Waals surface area contributed by atoms with Gasteiger partial charge >= 0.3 is 6.61 Å². The van der Waals surface area contributed by atoms with Gasteiger partial charge in [-0.15, -0.1) is 0 Å². The molecule has 2 aromatic carbocycles. The molecule has 0 atom stereocenters. The molecular formula is C18H13F2N3OS. The molecular weight excluding hydrogens is 344 g/mol. The molecule has 0 amide bonds. The number of nitriles is 1. The van der Waals surface area contributed by atoms with Crippen LogP contribution < -0.4 is 4.74 Å². The molecule has 126 valence electrons. The SMILES string of the molecule is N#CCSc1ncc(-c2ccccc2)n1-c1ccc(OC(F)F)cc1. The number of thioether (sulfide) groups is 1. The van der Waals surface area contributed by atoms with Crippen LogP contribution in [0.4, 0.5) is 8.78 Å². The molecule has 1 aromatic heterocycles. The number of ether oxygens (including phenoxy) is 1. The quantitative estimate of drug-likeness (QED) is 0.597. The fraction of sp³-hybridized carbons (Fsp3) is 0.111. The predicted molar refractivity (Wildman–Crippen MR) is 92.0 cm³/mol. The highest BCUT2D eigenvalue weighted by molar-refractivity contribution is 7.99. The molecule has 0 radical (unpaired) electrons. The van der Waals surface area contributed by atoms with Gasteiger partial charge in [-0.3, -0.25) is 4.57 Å². The Morgan fingerprint density at radius 2 is 1.84 bits per heavy atom. The minimum atomic E-state index is -2.86. The third-order valence-corrected chi connectivity index (χ3v) is 4.20. The van der Waals surface area contributed by atoms with E-state index in [1.807, 2.05) is 34.9 Å². The van der Waals surface area contributed by atoms with E-state index in [2.05, 4.69) is 15.8 Å². The fourth-order valence-corrected chi connectivity index (χ4v) is 3.03. The Hall–Kier alpha value is -2.85. The summed E-state index contributed by atoms with van der Waals surface area (Å²) in [5.41, 5.74) is 2.56. The van der Waals surface area contributed by atoms with Gasteiger partial charge in [-0.05, 0) is 24.3 Å². The Kier molecular flexibility index (Phi) is 5.31. The maximum atomic E-state index is 12.3. The van der Waals surface area contributed by atoms with E-state index in [9.17, 15) is 8.78 Å². The number of hydrogen-bond acceptors (Lipinski definition) is 4. The monoisotopic (exact) mass is 357 g/mol. The van der Waals surface area contributed by atoms with Crippen LogP contribution in [0.15, 0.2) is 66.0 Å². The molecule has 0 saturated heterocycles. The molecule has 0 aliphatic rings. The lowest BCUT2D eigenvalue weighted by Crippen LogP contribution is -2.03. The molecule has 1 heterocycles. The van der Waals surface area contributed by atoms with E-state index < -0.39 is 6.61 Å². The van der Waals surface area contributed by atoms with Crippen molar-refractivity contribution in [3.63, 3.8) is 0 Å². The van der Waals surface area contributed by atoms with Gasteiger partial charge in [0.25, 0.3) is 0 Å². The number of benzene rings is 2. The summed E-state index contributed by atoms with van der Waals surface area (Å²) in [6, 6.07) is 18.1. The molecule has 0 spiro atoms. The number of nitrogens with zero attached hydrogens (tertiary/aromatic N) is 3. The highest BCUT2D eigenvalue weighted by atomic mass is 32.2. The molecule has 0 unspecified atom stereocenters. The molecule has 0 saturated carbocycles. The van der Waals surface area contributed by atoms with Crippen LogP contribution in [0.1, 0.15) is 0 Å². The summed E-state index contributed by atoms with van der Waals surface area (Å²) in [7, 11) is 0. The molecule has 25 heavy (non-hydrogen) atoms. The van der Waals surface area contributed by atoms with Crippen LogP contribution >= 0.6 is 11.8 Å². The van der Waals surface area contributed by atoms with Gasteiger partial charge in [-0.2, -0.15) is 14.0 Å².